The molecule has 0 aromatic heterocycles. The van der Waals surface area contributed by atoms with Gasteiger partial charge in [-0.2, -0.15) is 17.5 Å². The number of rotatable bonds is 4. The lowest BCUT2D eigenvalue weighted by Gasteiger charge is -2.31. The van der Waals surface area contributed by atoms with Crippen molar-refractivity contribution >= 4 is 10.0 Å². The molecule has 2 aromatic carbocycles. The number of quaternary nitrogens is 1. The monoisotopic (exact) mass is 403 g/mol. The highest BCUT2D eigenvalue weighted by molar-refractivity contribution is 7.89. The van der Waals surface area contributed by atoms with E-state index in [2.05, 4.69) is 0 Å². The number of alkyl halides is 3. The molecular formula is C18H19F4N2O2S+. The fraction of sp³-hybridized carbons (Fsp3) is 0.333. The molecule has 2 aromatic rings. The van der Waals surface area contributed by atoms with Gasteiger partial charge in [-0.25, -0.2) is 12.8 Å². The Bertz CT molecular complexity index is 890. The van der Waals surface area contributed by atoms with Gasteiger partial charge in [0.1, 0.15) is 12.4 Å². The standard InChI is InChI=1S/C18H18F4N2O2S/c19-17-4-2-1-3-14(17)13-23-9-11-24(12-10-23)27(25,26)16-7-5-15(6-8-16)18(20,21)22/h1-8H,9-13H2/p+1. The predicted molar refractivity (Wildman–Crippen MR) is 91.0 cm³/mol. The summed E-state index contributed by atoms with van der Waals surface area (Å²) in [5.41, 5.74) is -0.313. The molecule has 0 atom stereocenters. The molecule has 27 heavy (non-hydrogen) atoms. The molecule has 3 rings (SSSR count). The number of nitrogens with zero attached hydrogens (tertiary/aromatic N) is 1. The average Bonchev–Trinajstić information content (AvgIpc) is 2.63. The zero-order valence-electron chi connectivity index (χ0n) is 14.3. The first-order valence-corrected chi connectivity index (χ1v) is 9.86. The zero-order valence-corrected chi connectivity index (χ0v) is 15.2. The van der Waals surface area contributed by atoms with Crippen molar-refractivity contribution in [1.29, 1.82) is 0 Å². The molecule has 146 valence electrons. The topological polar surface area (TPSA) is 41.8 Å². The van der Waals surface area contributed by atoms with E-state index in [4.69, 9.17) is 0 Å². The summed E-state index contributed by atoms with van der Waals surface area (Å²) in [6.07, 6.45) is -4.51. The van der Waals surface area contributed by atoms with Crippen molar-refractivity contribution in [1.82, 2.24) is 4.31 Å². The molecule has 9 heteroatoms. The molecular weight excluding hydrogens is 384 g/mol. The van der Waals surface area contributed by atoms with Gasteiger partial charge in [0.2, 0.25) is 10.0 Å². The molecule has 0 amide bonds. The summed E-state index contributed by atoms with van der Waals surface area (Å²) in [4.78, 5) is 0.895. The van der Waals surface area contributed by atoms with Crippen LogP contribution in [0.3, 0.4) is 0 Å². The Morgan fingerprint density at radius 1 is 0.963 bits per heavy atom. The third-order valence-electron chi connectivity index (χ3n) is 4.65. The lowest BCUT2D eigenvalue weighted by Crippen LogP contribution is -3.13. The van der Waals surface area contributed by atoms with Crippen molar-refractivity contribution in [2.24, 2.45) is 0 Å². The summed E-state index contributed by atoms with van der Waals surface area (Å²) in [5.74, 6) is -0.287. The molecule has 0 bridgehead atoms. The van der Waals surface area contributed by atoms with Gasteiger partial charge in [-0.15, -0.1) is 0 Å². The van der Waals surface area contributed by atoms with Crippen LogP contribution < -0.4 is 4.90 Å². The van der Waals surface area contributed by atoms with E-state index in [9.17, 15) is 26.0 Å². The van der Waals surface area contributed by atoms with E-state index >= 15 is 0 Å². The summed E-state index contributed by atoms with van der Waals surface area (Å²) in [5, 5.41) is 0. The van der Waals surface area contributed by atoms with Crippen molar-refractivity contribution in [3.05, 3.63) is 65.5 Å². The number of sulfonamides is 1. The minimum Gasteiger partial charge on any atom is -0.329 e. The zero-order chi connectivity index (χ0) is 19.7. The van der Waals surface area contributed by atoms with E-state index in [1.807, 2.05) is 0 Å². The van der Waals surface area contributed by atoms with Crippen molar-refractivity contribution < 1.29 is 30.9 Å². The molecule has 0 spiro atoms. The summed E-state index contributed by atoms with van der Waals surface area (Å²) in [6.45, 7) is 1.91. The van der Waals surface area contributed by atoms with Gasteiger partial charge in [0, 0.05) is 5.56 Å². The first kappa shape index (κ1) is 19.8. The highest BCUT2D eigenvalue weighted by Gasteiger charge is 2.33. The van der Waals surface area contributed by atoms with Crippen LogP contribution in [-0.2, 0) is 22.7 Å². The van der Waals surface area contributed by atoms with Gasteiger partial charge in [-0.05, 0) is 30.3 Å². The average molecular weight is 403 g/mol. The quantitative estimate of drug-likeness (QED) is 0.793. The summed E-state index contributed by atoms with van der Waals surface area (Å²) in [6, 6.07) is 9.96. The fourth-order valence-electron chi connectivity index (χ4n) is 3.10. The molecule has 1 heterocycles. The Morgan fingerprint density at radius 2 is 1.56 bits per heavy atom. The molecule has 1 N–H and O–H groups in total. The first-order valence-electron chi connectivity index (χ1n) is 8.42. The van der Waals surface area contributed by atoms with E-state index in [1.54, 1.807) is 18.2 Å². The second-order valence-electron chi connectivity index (χ2n) is 6.44. The molecule has 1 fully saturated rings. The lowest BCUT2D eigenvalue weighted by atomic mass is 10.2. The minimum atomic E-state index is -4.51. The number of nitrogens with one attached hydrogen (secondary N) is 1. The van der Waals surface area contributed by atoms with Crippen LogP contribution in [0.1, 0.15) is 11.1 Å². The largest absolute Gasteiger partial charge is 0.416 e. The molecule has 0 unspecified atom stereocenters. The van der Waals surface area contributed by atoms with Gasteiger partial charge in [-0.3, -0.25) is 0 Å². The third-order valence-corrected chi connectivity index (χ3v) is 6.56. The summed E-state index contributed by atoms with van der Waals surface area (Å²) >= 11 is 0. The Hall–Kier alpha value is -1.97. The Morgan fingerprint density at radius 3 is 2.11 bits per heavy atom. The molecule has 0 saturated carbocycles. The maximum atomic E-state index is 13.7. The number of hydrogen-bond acceptors (Lipinski definition) is 2. The van der Waals surface area contributed by atoms with Crippen molar-refractivity contribution in [3.63, 3.8) is 0 Å². The second kappa shape index (κ2) is 7.57. The minimum absolute atomic E-state index is 0.159. The SMILES string of the molecule is O=S(=O)(c1ccc(C(F)(F)F)cc1)N1CC[NH+](Cc2ccccc2F)CC1. The highest BCUT2D eigenvalue weighted by atomic mass is 32.2. The molecule has 1 aliphatic rings. The van der Waals surface area contributed by atoms with Crippen LogP contribution in [-0.4, -0.2) is 38.9 Å². The van der Waals surface area contributed by atoms with Crippen LogP contribution in [0.25, 0.3) is 0 Å². The maximum absolute atomic E-state index is 13.7. The number of hydrogen-bond donors (Lipinski definition) is 1. The number of halogens is 4. The summed E-state index contributed by atoms with van der Waals surface area (Å²) < 4.78 is 78.2. The number of benzene rings is 2. The molecule has 1 aliphatic heterocycles. The van der Waals surface area contributed by atoms with Gasteiger partial charge in [0.25, 0.3) is 0 Å². The van der Waals surface area contributed by atoms with E-state index in [1.165, 1.54) is 10.4 Å². The predicted octanol–water partition coefficient (Wildman–Crippen LogP) is 1.93. The smallest absolute Gasteiger partial charge is 0.329 e. The van der Waals surface area contributed by atoms with Gasteiger partial charge < -0.3 is 4.90 Å². The second-order valence-corrected chi connectivity index (χ2v) is 8.38. The first-order chi connectivity index (χ1) is 12.7. The molecule has 0 radical (unpaired) electrons. The molecule has 1 saturated heterocycles. The van der Waals surface area contributed by atoms with Crippen LogP contribution in [0.2, 0.25) is 0 Å². The highest BCUT2D eigenvalue weighted by Crippen LogP contribution is 2.30. The van der Waals surface area contributed by atoms with Crippen molar-refractivity contribution in [2.45, 2.75) is 17.6 Å². The Kier molecular flexibility index (Phi) is 5.55. The van der Waals surface area contributed by atoms with E-state index in [-0.39, 0.29) is 23.8 Å². The van der Waals surface area contributed by atoms with Crippen molar-refractivity contribution in [2.75, 3.05) is 26.2 Å². The van der Waals surface area contributed by atoms with E-state index in [0.29, 0.717) is 25.2 Å². The van der Waals surface area contributed by atoms with Crippen LogP contribution >= 0.6 is 0 Å². The van der Waals surface area contributed by atoms with Crippen LogP contribution in [0.15, 0.2) is 53.4 Å². The van der Waals surface area contributed by atoms with Gasteiger partial charge in [0.15, 0.2) is 0 Å². The summed E-state index contributed by atoms with van der Waals surface area (Å²) in [7, 11) is -3.85. The van der Waals surface area contributed by atoms with E-state index in [0.717, 1.165) is 29.2 Å². The molecule has 0 aliphatic carbocycles. The van der Waals surface area contributed by atoms with Crippen LogP contribution in [0.4, 0.5) is 17.6 Å². The van der Waals surface area contributed by atoms with Crippen molar-refractivity contribution in [3.8, 4) is 0 Å². The Balaban J connectivity index is 1.65. The lowest BCUT2D eigenvalue weighted by molar-refractivity contribution is -0.917. The maximum Gasteiger partial charge on any atom is 0.416 e. The van der Waals surface area contributed by atoms with Crippen LogP contribution in [0, 0.1) is 5.82 Å². The number of piperazine rings is 1. The van der Waals surface area contributed by atoms with Gasteiger partial charge in [0.05, 0.1) is 36.6 Å². The Labute approximate surface area is 155 Å². The molecule has 4 nitrogen and oxygen atoms in total. The van der Waals surface area contributed by atoms with Crippen LogP contribution in [0.5, 0.6) is 0 Å². The van der Waals surface area contributed by atoms with E-state index < -0.39 is 21.8 Å². The van der Waals surface area contributed by atoms with Gasteiger partial charge in [-0.1, -0.05) is 18.2 Å². The normalized spacial score (nSPS) is 17.2. The van der Waals surface area contributed by atoms with Gasteiger partial charge >= 0.3 is 6.18 Å². The third kappa shape index (κ3) is 4.48. The fourth-order valence-corrected chi connectivity index (χ4v) is 4.54.